The van der Waals surface area contributed by atoms with Crippen molar-refractivity contribution in [3.63, 3.8) is 0 Å². The molecule has 0 saturated carbocycles. The number of benzene rings is 1. The number of amides is 2. The van der Waals surface area contributed by atoms with Crippen molar-refractivity contribution in [3.8, 4) is 0 Å². The monoisotopic (exact) mass is 274 g/mol. The van der Waals surface area contributed by atoms with Gasteiger partial charge in [0.05, 0.1) is 0 Å². The zero-order valence-corrected chi connectivity index (χ0v) is 12.0. The van der Waals surface area contributed by atoms with Crippen LogP contribution in [0.25, 0.3) is 0 Å². The first-order valence-corrected chi connectivity index (χ1v) is 7.23. The van der Waals surface area contributed by atoms with Gasteiger partial charge >= 0.3 is 6.03 Å². The quantitative estimate of drug-likeness (QED) is 0.811. The summed E-state index contributed by atoms with van der Waals surface area (Å²) >= 11 is 0. The molecule has 0 aliphatic carbocycles. The Bertz CT molecular complexity index is 499. The zero-order chi connectivity index (χ0) is 14.3. The Morgan fingerprint density at radius 3 is 2.50 bits per heavy atom. The molecule has 2 heterocycles. The Labute approximate surface area is 119 Å². The molecule has 0 aromatic heterocycles. The molecule has 2 saturated heterocycles. The average molecular weight is 274 g/mol. The summed E-state index contributed by atoms with van der Waals surface area (Å²) in [4.78, 5) is 16.8. The molecule has 5 heteroatoms. The Morgan fingerprint density at radius 1 is 1.25 bits per heavy atom. The van der Waals surface area contributed by atoms with Crippen LogP contribution in [0.2, 0.25) is 0 Å². The van der Waals surface area contributed by atoms with Crippen LogP contribution in [0.5, 0.6) is 0 Å². The van der Waals surface area contributed by atoms with E-state index < -0.39 is 0 Å². The lowest BCUT2D eigenvalue weighted by Crippen LogP contribution is -2.51. The number of fused-ring (bicyclic) bond motifs is 2. The van der Waals surface area contributed by atoms with Crippen LogP contribution in [0.4, 0.5) is 16.2 Å². The number of anilines is 2. The van der Waals surface area contributed by atoms with E-state index >= 15 is 0 Å². The minimum absolute atomic E-state index is 0.00526. The van der Waals surface area contributed by atoms with Crippen LogP contribution in [-0.2, 0) is 0 Å². The SMILES string of the molecule is CC(C)N1C[C@@H]2C[C@H]1CN2C(=O)Nc1ccc(N)cc1. The molecule has 0 radical (unpaired) electrons. The summed E-state index contributed by atoms with van der Waals surface area (Å²) in [6.45, 7) is 6.28. The van der Waals surface area contributed by atoms with E-state index in [-0.39, 0.29) is 6.03 Å². The second-order valence-corrected chi connectivity index (χ2v) is 6.04. The first-order valence-electron chi connectivity index (χ1n) is 7.23. The number of piperazine rings is 1. The molecule has 2 fully saturated rings. The Morgan fingerprint density at radius 2 is 1.95 bits per heavy atom. The minimum atomic E-state index is 0.00526. The predicted octanol–water partition coefficient (Wildman–Crippen LogP) is 1.97. The normalized spacial score (nSPS) is 25.4. The van der Waals surface area contributed by atoms with E-state index in [0.29, 0.717) is 23.8 Å². The Balaban J connectivity index is 1.62. The van der Waals surface area contributed by atoms with Crippen LogP contribution in [0.1, 0.15) is 20.3 Å². The number of nitrogens with zero attached hydrogens (tertiary/aromatic N) is 2. The van der Waals surface area contributed by atoms with Crippen LogP contribution in [0, 0.1) is 0 Å². The highest BCUT2D eigenvalue weighted by atomic mass is 16.2. The molecule has 1 aromatic rings. The predicted molar refractivity (Wildman–Crippen MR) is 80.6 cm³/mol. The minimum Gasteiger partial charge on any atom is -0.399 e. The van der Waals surface area contributed by atoms with Crippen molar-refractivity contribution in [2.45, 2.75) is 38.4 Å². The Hall–Kier alpha value is -1.75. The molecule has 3 N–H and O–H groups in total. The third-order valence-corrected chi connectivity index (χ3v) is 4.37. The van der Waals surface area contributed by atoms with Gasteiger partial charge < -0.3 is 16.0 Å². The summed E-state index contributed by atoms with van der Waals surface area (Å²) in [6, 6.07) is 8.72. The lowest BCUT2D eigenvalue weighted by Gasteiger charge is -2.36. The molecule has 2 bridgehead atoms. The fraction of sp³-hybridized carbons (Fsp3) is 0.533. The van der Waals surface area contributed by atoms with E-state index in [4.69, 9.17) is 5.73 Å². The van der Waals surface area contributed by atoms with Gasteiger partial charge in [0.25, 0.3) is 0 Å². The number of carbonyl (C=O) groups excluding carboxylic acids is 1. The van der Waals surface area contributed by atoms with Gasteiger partial charge in [-0.1, -0.05) is 0 Å². The van der Waals surface area contributed by atoms with E-state index in [1.807, 2.05) is 17.0 Å². The fourth-order valence-corrected chi connectivity index (χ4v) is 3.34. The van der Waals surface area contributed by atoms with Crippen molar-refractivity contribution >= 4 is 17.4 Å². The third kappa shape index (κ3) is 2.33. The zero-order valence-electron chi connectivity index (χ0n) is 12.0. The maximum absolute atomic E-state index is 12.3. The van der Waals surface area contributed by atoms with E-state index in [1.165, 1.54) is 0 Å². The van der Waals surface area contributed by atoms with Crippen LogP contribution < -0.4 is 11.1 Å². The van der Waals surface area contributed by atoms with Crippen LogP contribution in [0.3, 0.4) is 0 Å². The van der Waals surface area contributed by atoms with E-state index in [0.717, 1.165) is 25.2 Å². The topological polar surface area (TPSA) is 61.6 Å². The molecule has 0 spiro atoms. The van der Waals surface area contributed by atoms with Crippen LogP contribution >= 0.6 is 0 Å². The van der Waals surface area contributed by atoms with Crippen molar-refractivity contribution in [2.75, 3.05) is 24.1 Å². The summed E-state index contributed by atoms with van der Waals surface area (Å²) in [7, 11) is 0. The molecule has 3 rings (SSSR count). The van der Waals surface area contributed by atoms with Gasteiger partial charge in [0.15, 0.2) is 0 Å². The Kier molecular flexibility index (Phi) is 3.30. The van der Waals surface area contributed by atoms with Gasteiger partial charge in [-0.15, -0.1) is 0 Å². The highest BCUT2D eigenvalue weighted by Crippen LogP contribution is 2.32. The van der Waals surface area contributed by atoms with Gasteiger partial charge in [0, 0.05) is 42.6 Å². The van der Waals surface area contributed by atoms with Gasteiger partial charge in [-0.25, -0.2) is 4.79 Å². The molecule has 5 nitrogen and oxygen atoms in total. The van der Waals surface area contributed by atoms with Crippen molar-refractivity contribution in [3.05, 3.63) is 24.3 Å². The molecule has 20 heavy (non-hydrogen) atoms. The van der Waals surface area contributed by atoms with E-state index in [1.54, 1.807) is 12.1 Å². The highest BCUT2D eigenvalue weighted by Gasteiger charge is 2.45. The number of nitrogens with one attached hydrogen (secondary N) is 1. The average Bonchev–Trinajstić information content (AvgIpc) is 3.01. The van der Waals surface area contributed by atoms with Gasteiger partial charge in [-0.2, -0.15) is 0 Å². The van der Waals surface area contributed by atoms with Crippen molar-refractivity contribution in [1.29, 1.82) is 0 Å². The fourth-order valence-electron chi connectivity index (χ4n) is 3.34. The summed E-state index contributed by atoms with van der Waals surface area (Å²) in [5, 5.41) is 2.95. The molecule has 1 aromatic carbocycles. The molecule has 2 amide bonds. The van der Waals surface area contributed by atoms with Gasteiger partial charge in [0.2, 0.25) is 0 Å². The second kappa shape index (κ2) is 4.98. The second-order valence-electron chi connectivity index (χ2n) is 6.04. The highest BCUT2D eigenvalue weighted by molar-refractivity contribution is 5.90. The summed E-state index contributed by atoms with van der Waals surface area (Å²) in [5.41, 5.74) is 7.15. The number of nitrogens with two attached hydrogens (primary N) is 1. The molecule has 2 aliphatic heterocycles. The van der Waals surface area contributed by atoms with Crippen LogP contribution in [-0.4, -0.2) is 47.0 Å². The molecule has 0 unspecified atom stereocenters. The standard InChI is InChI=1S/C15H22N4O/c1-10(2)18-8-14-7-13(18)9-19(14)15(20)17-12-5-3-11(16)4-6-12/h3-6,10,13-14H,7-9,16H2,1-2H3,(H,17,20)/t13-,14-/m0/s1. The molecular formula is C15H22N4O. The maximum Gasteiger partial charge on any atom is 0.322 e. The van der Waals surface area contributed by atoms with E-state index in [9.17, 15) is 4.79 Å². The van der Waals surface area contributed by atoms with E-state index in [2.05, 4.69) is 24.1 Å². The number of urea groups is 1. The van der Waals surface area contributed by atoms with Gasteiger partial charge in [-0.05, 0) is 44.5 Å². The number of rotatable bonds is 2. The van der Waals surface area contributed by atoms with Crippen molar-refractivity contribution < 1.29 is 4.79 Å². The molecule has 108 valence electrons. The third-order valence-electron chi connectivity index (χ3n) is 4.37. The lowest BCUT2D eigenvalue weighted by molar-refractivity contribution is 0.121. The number of hydrogen-bond donors (Lipinski definition) is 2. The first kappa shape index (κ1) is 13.2. The lowest BCUT2D eigenvalue weighted by atomic mass is 10.2. The van der Waals surface area contributed by atoms with Crippen LogP contribution in [0.15, 0.2) is 24.3 Å². The van der Waals surface area contributed by atoms with Crippen molar-refractivity contribution in [2.24, 2.45) is 0 Å². The summed E-state index contributed by atoms with van der Waals surface area (Å²) < 4.78 is 0. The number of likely N-dealkylation sites (tertiary alicyclic amines) is 2. The molecular weight excluding hydrogens is 252 g/mol. The molecule has 2 atom stereocenters. The number of carbonyl (C=O) groups is 1. The number of hydrogen-bond acceptors (Lipinski definition) is 3. The molecule has 2 aliphatic rings. The number of nitrogen functional groups attached to an aromatic ring is 1. The maximum atomic E-state index is 12.3. The van der Waals surface area contributed by atoms with Gasteiger partial charge in [0.1, 0.15) is 0 Å². The summed E-state index contributed by atoms with van der Waals surface area (Å²) in [5.74, 6) is 0. The van der Waals surface area contributed by atoms with Gasteiger partial charge in [-0.3, -0.25) is 4.90 Å². The van der Waals surface area contributed by atoms with Crippen molar-refractivity contribution in [1.82, 2.24) is 9.80 Å². The largest absolute Gasteiger partial charge is 0.399 e. The first-order chi connectivity index (χ1) is 9.54. The smallest absolute Gasteiger partial charge is 0.322 e. The summed E-state index contributed by atoms with van der Waals surface area (Å²) in [6.07, 6.45) is 1.10.